The lowest BCUT2D eigenvalue weighted by Gasteiger charge is -2.30. The summed E-state index contributed by atoms with van der Waals surface area (Å²) in [5.74, 6) is -0.577. The van der Waals surface area contributed by atoms with Gasteiger partial charge in [0, 0.05) is 18.8 Å². The summed E-state index contributed by atoms with van der Waals surface area (Å²) in [7, 11) is 0. The van der Waals surface area contributed by atoms with E-state index < -0.39 is 23.8 Å². The first-order chi connectivity index (χ1) is 9.29. The molecule has 7 heteroatoms. The molecule has 4 nitrogen and oxygen atoms in total. The molecule has 1 unspecified atom stereocenters. The van der Waals surface area contributed by atoms with E-state index in [2.05, 4.69) is 0 Å². The van der Waals surface area contributed by atoms with E-state index in [1.807, 2.05) is 0 Å². The van der Waals surface area contributed by atoms with E-state index in [4.69, 9.17) is 5.73 Å². The van der Waals surface area contributed by atoms with Crippen LogP contribution in [0.15, 0.2) is 18.2 Å². The minimum Gasteiger partial charge on any atom is -0.398 e. The molecule has 1 aliphatic rings. The van der Waals surface area contributed by atoms with Gasteiger partial charge in [-0.2, -0.15) is 13.2 Å². The largest absolute Gasteiger partial charge is 0.416 e. The van der Waals surface area contributed by atoms with Crippen molar-refractivity contribution in [2.45, 2.75) is 25.1 Å². The lowest BCUT2D eigenvalue weighted by Crippen LogP contribution is -2.42. The zero-order chi connectivity index (χ0) is 14.9. The zero-order valence-electron chi connectivity index (χ0n) is 10.7. The van der Waals surface area contributed by atoms with Crippen LogP contribution in [0.1, 0.15) is 28.8 Å². The van der Waals surface area contributed by atoms with Crippen LogP contribution < -0.4 is 5.73 Å². The number of amides is 1. The van der Waals surface area contributed by atoms with Gasteiger partial charge in [0.25, 0.3) is 5.91 Å². The van der Waals surface area contributed by atoms with E-state index in [0.29, 0.717) is 19.4 Å². The maximum atomic E-state index is 12.7. The molecule has 0 bridgehead atoms. The number of hydrogen-bond acceptors (Lipinski definition) is 3. The standard InChI is InChI=1S/C13H15F3N2O2/c14-13(15,16)8-3-4-11(17)10(6-8)12(20)18-5-1-2-9(19)7-18/h3-4,6,9,19H,1-2,5,7,17H2. The normalized spacial score (nSPS) is 20.0. The van der Waals surface area contributed by atoms with E-state index in [0.717, 1.165) is 18.2 Å². The summed E-state index contributed by atoms with van der Waals surface area (Å²) in [6.07, 6.45) is -3.96. The number of piperidine rings is 1. The molecule has 110 valence electrons. The van der Waals surface area contributed by atoms with Gasteiger partial charge in [0.15, 0.2) is 0 Å². The lowest BCUT2D eigenvalue weighted by molar-refractivity contribution is -0.137. The Hall–Kier alpha value is -1.76. The SMILES string of the molecule is Nc1ccc(C(F)(F)F)cc1C(=O)N1CCCC(O)C1. The van der Waals surface area contributed by atoms with Crippen LogP contribution in [0.5, 0.6) is 0 Å². The van der Waals surface area contributed by atoms with E-state index in [1.165, 1.54) is 4.90 Å². The number of benzene rings is 1. The molecule has 1 aliphatic heterocycles. The van der Waals surface area contributed by atoms with Gasteiger partial charge in [-0.25, -0.2) is 0 Å². The zero-order valence-corrected chi connectivity index (χ0v) is 10.7. The molecule has 20 heavy (non-hydrogen) atoms. The maximum absolute atomic E-state index is 12.7. The van der Waals surface area contributed by atoms with Crippen molar-refractivity contribution in [2.75, 3.05) is 18.8 Å². The topological polar surface area (TPSA) is 66.6 Å². The van der Waals surface area contributed by atoms with E-state index in [1.54, 1.807) is 0 Å². The van der Waals surface area contributed by atoms with Crippen molar-refractivity contribution in [1.29, 1.82) is 0 Å². The van der Waals surface area contributed by atoms with Crippen molar-refractivity contribution in [3.63, 3.8) is 0 Å². The van der Waals surface area contributed by atoms with Crippen molar-refractivity contribution in [3.05, 3.63) is 29.3 Å². The molecule has 3 N–H and O–H groups in total. The molecule has 0 aliphatic carbocycles. The monoisotopic (exact) mass is 288 g/mol. The van der Waals surface area contributed by atoms with Crippen LogP contribution in [0.2, 0.25) is 0 Å². The van der Waals surface area contributed by atoms with Crippen LogP contribution in [0, 0.1) is 0 Å². The Morgan fingerprint density at radius 1 is 1.40 bits per heavy atom. The molecule has 0 radical (unpaired) electrons. The average Bonchev–Trinajstić information content (AvgIpc) is 2.37. The van der Waals surface area contributed by atoms with Crippen molar-refractivity contribution in [3.8, 4) is 0 Å². The van der Waals surface area contributed by atoms with Gasteiger partial charge >= 0.3 is 6.18 Å². The molecule has 1 saturated heterocycles. The number of anilines is 1. The summed E-state index contributed by atoms with van der Waals surface area (Å²) in [6.45, 7) is 0.528. The lowest BCUT2D eigenvalue weighted by atomic mass is 10.0. The van der Waals surface area contributed by atoms with Crippen molar-refractivity contribution in [1.82, 2.24) is 4.90 Å². The van der Waals surface area contributed by atoms with Crippen LogP contribution in [0.4, 0.5) is 18.9 Å². The number of nitrogens with zero attached hydrogens (tertiary/aromatic N) is 1. The quantitative estimate of drug-likeness (QED) is 0.775. The number of nitrogens with two attached hydrogens (primary N) is 1. The molecule has 0 saturated carbocycles. The number of likely N-dealkylation sites (tertiary alicyclic amines) is 1. The maximum Gasteiger partial charge on any atom is 0.416 e. The molecule has 0 spiro atoms. The van der Waals surface area contributed by atoms with E-state index in [9.17, 15) is 23.1 Å². The second-order valence-corrected chi connectivity index (χ2v) is 4.85. The fourth-order valence-corrected chi connectivity index (χ4v) is 2.23. The Bertz CT molecular complexity index is 517. The second kappa shape index (κ2) is 5.32. The van der Waals surface area contributed by atoms with Crippen molar-refractivity contribution in [2.24, 2.45) is 0 Å². The summed E-state index contributed by atoms with van der Waals surface area (Å²) in [6, 6.07) is 2.69. The molecular formula is C13H15F3N2O2. The smallest absolute Gasteiger partial charge is 0.398 e. The Morgan fingerprint density at radius 3 is 2.70 bits per heavy atom. The van der Waals surface area contributed by atoms with Gasteiger partial charge in [-0.15, -0.1) is 0 Å². The Labute approximate surface area is 114 Å². The minimum absolute atomic E-state index is 0.00284. The van der Waals surface area contributed by atoms with Gasteiger partial charge in [-0.05, 0) is 31.0 Å². The Balaban J connectivity index is 2.29. The Morgan fingerprint density at radius 2 is 2.10 bits per heavy atom. The first kappa shape index (κ1) is 14.6. The van der Waals surface area contributed by atoms with Gasteiger partial charge < -0.3 is 15.7 Å². The highest BCUT2D eigenvalue weighted by Gasteiger charge is 2.32. The van der Waals surface area contributed by atoms with E-state index >= 15 is 0 Å². The van der Waals surface area contributed by atoms with Gasteiger partial charge in [0.2, 0.25) is 0 Å². The fourth-order valence-electron chi connectivity index (χ4n) is 2.23. The van der Waals surface area contributed by atoms with Gasteiger partial charge in [-0.1, -0.05) is 0 Å². The first-order valence-corrected chi connectivity index (χ1v) is 6.23. The number of β-amino-alcohol motifs (C(OH)–C–C–N with tert-alkyl or cyclic N) is 1. The number of aliphatic hydroxyl groups excluding tert-OH is 1. The van der Waals surface area contributed by atoms with Crippen molar-refractivity contribution >= 4 is 11.6 Å². The minimum atomic E-state index is -4.52. The first-order valence-electron chi connectivity index (χ1n) is 6.23. The summed E-state index contributed by atoms with van der Waals surface area (Å²) < 4.78 is 38.0. The van der Waals surface area contributed by atoms with Crippen LogP contribution in [-0.2, 0) is 6.18 Å². The van der Waals surface area contributed by atoms with Crippen LogP contribution in [-0.4, -0.2) is 35.1 Å². The average molecular weight is 288 g/mol. The summed E-state index contributed by atoms with van der Waals surface area (Å²) in [5, 5.41) is 9.52. The third-order valence-electron chi connectivity index (χ3n) is 3.29. The van der Waals surface area contributed by atoms with Gasteiger partial charge in [0.05, 0.1) is 17.2 Å². The fraction of sp³-hybridized carbons (Fsp3) is 0.462. The molecule has 1 aromatic carbocycles. The van der Waals surface area contributed by atoms with Crippen LogP contribution >= 0.6 is 0 Å². The molecule has 1 heterocycles. The van der Waals surface area contributed by atoms with Gasteiger partial charge in [-0.3, -0.25) is 4.79 Å². The molecule has 1 fully saturated rings. The highest BCUT2D eigenvalue weighted by atomic mass is 19.4. The van der Waals surface area contributed by atoms with Gasteiger partial charge in [0.1, 0.15) is 0 Å². The molecule has 1 aromatic rings. The third kappa shape index (κ3) is 3.04. The number of halogens is 3. The molecule has 2 rings (SSSR count). The van der Waals surface area contributed by atoms with Crippen LogP contribution in [0.3, 0.4) is 0 Å². The summed E-state index contributed by atoms with van der Waals surface area (Å²) >= 11 is 0. The highest BCUT2D eigenvalue weighted by molar-refractivity contribution is 5.99. The number of carbonyl (C=O) groups is 1. The number of alkyl halides is 3. The number of aliphatic hydroxyl groups is 1. The number of rotatable bonds is 1. The number of hydrogen-bond donors (Lipinski definition) is 2. The summed E-state index contributed by atoms with van der Waals surface area (Å²) in [4.78, 5) is 13.5. The number of nitrogen functional groups attached to an aromatic ring is 1. The summed E-state index contributed by atoms with van der Waals surface area (Å²) in [5.41, 5.74) is 4.52. The molecule has 1 amide bonds. The predicted octanol–water partition coefficient (Wildman–Crippen LogP) is 1.88. The molecule has 1 atom stereocenters. The molecular weight excluding hydrogens is 273 g/mol. The third-order valence-corrected chi connectivity index (χ3v) is 3.29. The van der Waals surface area contributed by atoms with E-state index in [-0.39, 0.29) is 17.8 Å². The highest BCUT2D eigenvalue weighted by Crippen LogP contribution is 2.31. The number of carbonyl (C=O) groups excluding carboxylic acids is 1. The Kier molecular flexibility index (Phi) is 3.89. The van der Waals surface area contributed by atoms with Crippen molar-refractivity contribution < 1.29 is 23.1 Å². The molecule has 0 aromatic heterocycles. The second-order valence-electron chi connectivity index (χ2n) is 4.85. The predicted molar refractivity (Wildman–Crippen MR) is 67.0 cm³/mol. The van der Waals surface area contributed by atoms with Crippen LogP contribution in [0.25, 0.3) is 0 Å².